The topological polar surface area (TPSA) is 72.5 Å². The third-order valence-corrected chi connectivity index (χ3v) is 3.53. The van der Waals surface area contributed by atoms with Gasteiger partial charge in [0.25, 0.3) is 0 Å². The average Bonchev–Trinajstić information content (AvgIpc) is 3.08. The number of hydrogen-bond donors (Lipinski definition) is 2. The Balaban J connectivity index is 1.49. The number of aromatic nitrogens is 1. The first-order valence-electron chi connectivity index (χ1n) is 7.75. The highest BCUT2D eigenvalue weighted by atomic mass is 19.1. The molecule has 0 aliphatic carbocycles. The van der Waals surface area contributed by atoms with E-state index in [1.54, 1.807) is 24.3 Å². The first-order valence-corrected chi connectivity index (χ1v) is 7.75. The molecule has 1 fully saturated rings. The van der Waals surface area contributed by atoms with Gasteiger partial charge >= 0.3 is 6.03 Å². The molecule has 0 saturated carbocycles. The van der Waals surface area contributed by atoms with Crippen molar-refractivity contribution in [3.8, 4) is 11.6 Å². The molecule has 2 aromatic rings. The van der Waals surface area contributed by atoms with Crippen molar-refractivity contribution in [1.29, 1.82) is 0 Å². The Morgan fingerprint density at radius 3 is 3.00 bits per heavy atom. The van der Waals surface area contributed by atoms with E-state index in [0.29, 0.717) is 23.9 Å². The van der Waals surface area contributed by atoms with Crippen LogP contribution >= 0.6 is 0 Å². The van der Waals surface area contributed by atoms with Gasteiger partial charge in [0.2, 0.25) is 5.88 Å². The van der Waals surface area contributed by atoms with Gasteiger partial charge in [0, 0.05) is 25.3 Å². The highest BCUT2D eigenvalue weighted by Crippen LogP contribution is 2.21. The largest absolute Gasteiger partial charge is 0.439 e. The zero-order chi connectivity index (χ0) is 16.8. The first-order chi connectivity index (χ1) is 11.7. The van der Waals surface area contributed by atoms with Crippen LogP contribution in [0.2, 0.25) is 0 Å². The fraction of sp³-hybridized carbons (Fsp3) is 0.294. The Morgan fingerprint density at radius 1 is 1.38 bits per heavy atom. The number of nitrogens with one attached hydrogen (secondary N) is 2. The summed E-state index contributed by atoms with van der Waals surface area (Å²) < 4.78 is 24.0. The molecule has 1 aromatic carbocycles. The first kappa shape index (κ1) is 16.2. The Morgan fingerprint density at radius 2 is 2.29 bits per heavy atom. The maximum Gasteiger partial charge on any atom is 0.319 e. The van der Waals surface area contributed by atoms with Gasteiger partial charge in [0.05, 0.1) is 18.0 Å². The number of urea groups is 1. The number of ether oxygens (including phenoxy) is 2. The zero-order valence-corrected chi connectivity index (χ0v) is 13.0. The molecule has 1 saturated heterocycles. The molecule has 24 heavy (non-hydrogen) atoms. The van der Waals surface area contributed by atoms with Crippen LogP contribution in [0.4, 0.5) is 14.9 Å². The minimum atomic E-state index is -0.381. The van der Waals surface area contributed by atoms with Gasteiger partial charge in [-0.3, -0.25) is 0 Å². The zero-order valence-electron chi connectivity index (χ0n) is 13.0. The van der Waals surface area contributed by atoms with Crippen LogP contribution < -0.4 is 15.4 Å². The molecular formula is C17H18FN3O3. The van der Waals surface area contributed by atoms with E-state index in [1.807, 2.05) is 0 Å². The van der Waals surface area contributed by atoms with Gasteiger partial charge in [-0.25, -0.2) is 14.2 Å². The fourth-order valence-electron chi connectivity index (χ4n) is 2.35. The van der Waals surface area contributed by atoms with E-state index in [1.165, 1.54) is 18.3 Å². The van der Waals surface area contributed by atoms with E-state index in [2.05, 4.69) is 15.6 Å². The van der Waals surface area contributed by atoms with Gasteiger partial charge in [-0.15, -0.1) is 0 Å². The summed E-state index contributed by atoms with van der Waals surface area (Å²) in [5.41, 5.74) is 0.534. The summed E-state index contributed by atoms with van der Waals surface area (Å²) >= 11 is 0. The second-order valence-electron chi connectivity index (χ2n) is 5.41. The van der Waals surface area contributed by atoms with Gasteiger partial charge in [0.15, 0.2) is 0 Å². The van der Waals surface area contributed by atoms with Crippen molar-refractivity contribution < 1.29 is 18.7 Å². The van der Waals surface area contributed by atoms with Crippen LogP contribution in [0, 0.1) is 5.82 Å². The molecule has 0 spiro atoms. The highest BCUT2D eigenvalue weighted by Gasteiger charge is 2.16. The molecular weight excluding hydrogens is 313 g/mol. The number of anilines is 1. The quantitative estimate of drug-likeness (QED) is 0.881. The molecule has 1 aliphatic heterocycles. The van der Waals surface area contributed by atoms with Gasteiger partial charge in [-0.05, 0) is 31.0 Å². The van der Waals surface area contributed by atoms with E-state index in [9.17, 15) is 9.18 Å². The van der Waals surface area contributed by atoms with E-state index in [0.717, 1.165) is 19.4 Å². The molecule has 6 nitrogen and oxygen atoms in total. The molecule has 3 rings (SSSR count). The molecule has 0 radical (unpaired) electrons. The number of hydrogen-bond acceptors (Lipinski definition) is 4. The number of pyridine rings is 1. The van der Waals surface area contributed by atoms with Gasteiger partial charge in [-0.1, -0.05) is 6.07 Å². The minimum Gasteiger partial charge on any atom is -0.439 e. The SMILES string of the molecule is O=C(NC[C@H]1CCCO1)Nc1ccc(Oc2cccc(F)c2)nc1. The van der Waals surface area contributed by atoms with E-state index in [4.69, 9.17) is 9.47 Å². The smallest absolute Gasteiger partial charge is 0.319 e. The number of amides is 2. The van der Waals surface area contributed by atoms with Crippen LogP contribution in [0.25, 0.3) is 0 Å². The van der Waals surface area contributed by atoms with Gasteiger partial charge in [0.1, 0.15) is 11.6 Å². The number of rotatable bonds is 5. The third-order valence-electron chi connectivity index (χ3n) is 3.53. The lowest BCUT2D eigenvalue weighted by Crippen LogP contribution is -2.35. The minimum absolute atomic E-state index is 0.0934. The molecule has 1 aromatic heterocycles. The summed E-state index contributed by atoms with van der Waals surface area (Å²) in [5.74, 6) is 0.289. The van der Waals surface area contributed by atoms with Gasteiger partial charge in [-0.2, -0.15) is 0 Å². The van der Waals surface area contributed by atoms with E-state index in [-0.39, 0.29) is 18.0 Å². The maximum absolute atomic E-state index is 13.1. The summed E-state index contributed by atoms with van der Waals surface area (Å²) in [4.78, 5) is 15.9. The second kappa shape index (κ2) is 7.74. The fourth-order valence-corrected chi connectivity index (χ4v) is 2.35. The normalized spacial score (nSPS) is 16.6. The van der Waals surface area contributed by atoms with Crippen molar-refractivity contribution in [3.05, 3.63) is 48.4 Å². The van der Waals surface area contributed by atoms with Crippen LogP contribution in [0.5, 0.6) is 11.6 Å². The van der Waals surface area contributed by atoms with Crippen molar-refractivity contribution in [1.82, 2.24) is 10.3 Å². The second-order valence-corrected chi connectivity index (χ2v) is 5.41. The maximum atomic E-state index is 13.1. The van der Waals surface area contributed by atoms with E-state index < -0.39 is 0 Å². The Labute approximate surface area is 139 Å². The monoisotopic (exact) mass is 331 g/mol. The van der Waals surface area contributed by atoms with Gasteiger partial charge < -0.3 is 20.1 Å². The van der Waals surface area contributed by atoms with Crippen molar-refractivity contribution in [2.75, 3.05) is 18.5 Å². The van der Waals surface area contributed by atoms with Crippen LogP contribution in [0.1, 0.15) is 12.8 Å². The predicted octanol–water partition coefficient (Wildman–Crippen LogP) is 3.31. The lowest BCUT2D eigenvalue weighted by molar-refractivity contribution is 0.112. The predicted molar refractivity (Wildman–Crippen MR) is 86.7 cm³/mol. The van der Waals surface area contributed by atoms with Crippen LogP contribution in [0.3, 0.4) is 0 Å². The Kier molecular flexibility index (Phi) is 5.22. The lowest BCUT2D eigenvalue weighted by Gasteiger charge is -2.12. The van der Waals surface area contributed by atoms with Crippen molar-refractivity contribution in [3.63, 3.8) is 0 Å². The third kappa shape index (κ3) is 4.66. The highest BCUT2D eigenvalue weighted by molar-refractivity contribution is 5.89. The number of carbonyl (C=O) groups is 1. The van der Waals surface area contributed by atoms with Crippen molar-refractivity contribution in [2.45, 2.75) is 18.9 Å². The van der Waals surface area contributed by atoms with Crippen molar-refractivity contribution in [2.24, 2.45) is 0 Å². The molecule has 1 aliphatic rings. The summed E-state index contributed by atoms with van der Waals surface area (Å²) in [7, 11) is 0. The number of carbonyl (C=O) groups excluding carboxylic acids is 1. The molecule has 2 heterocycles. The number of nitrogens with zero attached hydrogens (tertiary/aromatic N) is 1. The average molecular weight is 331 g/mol. The summed E-state index contributed by atoms with van der Waals surface area (Å²) in [6.45, 7) is 1.24. The Hall–Kier alpha value is -2.67. The summed E-state index contributed by atoms with van der Waals surface area (Å²) in [5, 5.41) is 5.44. The molecule has 126 valence electrons. The standard InChI is InChI=1S/C17H18FN3O3/c18-12-3-1-4-14(9-12)24-16-7-6-13(10-19-16)21-17(22)20-11-15-5-2-8-23-15/h1,3-4,6-7,9-10,15H,2,5,8,11H2,(H2,20,21,22)/t15-/m1/s1. The lowest BCUT2D eigenvalue weighted by atomic mass is 10.2. The van der Waals surface area contributed by atoms with E-state index >= 15 is 0 Å². The molecule has 2 amide bonds. The number of benzene rings is 1. The molecule has 0 bridgehead atoms. The number of halogens is 1. The van der Waals surface area contributed by atoms with Crippen molar-refractivity contribution >= 4 is 11.7 Å². The summed E-state index contributed by atoms with van der Waals surface area (Å²) in [6.07, 6.45) is 3.56. The summed E-state index contributed by atoms with van der Waals surface area (Å²) in [6, 6.07) is 8.74. The molecule has 1 atom stereocenters. The molecule has 2 N–H and O–H groups in total. The molecule has 7 heteroatoms. The Bertz CT molecular complexity index is 688. The van der Waals surface area contributed by atoms with Crippen LogP contribution in [0.15, 0.2) is 42.6 Å². The van der Waals surface area contributed by atoms with Crippen LogP contribution in [-0.4, -0.2) is 30.3 Å². The van der Waals surface area contributed by atoms with Crippen LogP contribution in [-0.2, 0) is 4.74 Å². The molecule has 0 unspecified atom stereocenters.